The number of hydrogen-bond acceptors (Lipinski definition) is 1. The standard InChI is InChI=1S/C29H24N2/c1-4-7-12-20(6-3)30-26-18-27-25(17-19(26)5-2)28-23-15-10-8-13-21(23)22-14-9-11-16-24(22)29(28)31-27/h4-18,30-31H,2-3H2,1H3/b7-4-,20-12+. The number of H-pyrrole nitrogens is 1. The molecule has 2 heteroatoms. The predicted octanol–water partition coefficient (Wildman–Crippen LogP) is 8.33. The molecule has 0 saturated heterocycles. The largest absolute Gasteiger partial charge is 0.355 e. The van der Waals surface area contributed by atoms with Crippen LogP contribution in [0.25, 0.3) is 49.4 Å². The summed E-state index contributed by atoms with van der Waals surface area (Å²) >= 11 is 0. The molecule has 0 amide bonds. The molecule has 1 aromatic heterocycles. The Hall–Kier alpha value is -4.04. The molecule has 0 saturated carbocycles. The molecule has 2 nitrogen and oxygen atoms in total. The van der Waals surface area contributed by atoms with Crippen LogP contribution in [0.2, 0.25) is 0 Å². The van der Waals surface area contributed by atoms with Crippen LogP contribution in [0, 0.1) is 0 Å². The van der Waals surface area contributed by atoms with E-state index in [-0.39, 0.29) is 0 Å². The van der Waals surface area contributed by atoms with Crippen LogP contribution in [0.3, 0.4) is 0 Å². The van der Waals surface area contributed by atoms with E-state index < -0.39 is 0 Å². The third-order valence-electron chi connectivity index (χ3n) is 5.84. The quantitative estimate of drug-likeness (QED) is 0.225. The number of nitrogens with one attached hydrogen (secondary N) is 2. The van der Waals surface area contributed by atoms with Crippen LogP contribution in [0.1, 0.15) is 12.5 Å². The van der Waals surface area contributed by atoms with E-state index >= 15 is 0 Å². The molecule has 31 heavy (non-hydrogen) atoms. The number of fused-ring (bicyclic) bond motifs is 8. The summed E-state index contributed by atoms with van der Waals surface area (Å²) in [5, 5.41) is 11.0. The van der Waals surface area contributed by atoms with Crippen LogP contribution >= 0.6 is 0 Å². The van der Waals surface area contributed by atoms with Gasteiger partial charge in [-0.15, -0.1) is 0 Å². The van der Waals surface area contributed by atoms with Crippen molar-refractivity contribution >= 4 is 55.1 Å². The van der Waals surface area contributed by atoms with Gasteiger partial charge in [-0.1, -0.05) is 79.9 Å². The highest BCUT2D eigenvalue weighted by molar-refractivity contribution is 6.31. The zero-order valence-corrected chi connectivity index (χ0v) is 17.6. The van der Waals surface area contributed by atoms with Crippen LogP contribution in [0.4, 0.5) is 5.69 Å². The summed E-state index contributed by atoms with van der Waals surface area (Å²) in [5.74, 6) is 0. The molecule has 0 spiro atoms. The molecule has 2 N–H and O–H groups in total. The first kappa shape index (κ1) is 19.0. The fraction of sp³-hybridized carbons (Fsp3) is 0.0345. The van der Waals surface area contributed by atoms with Crippen LogP contribution < -0.4 is 5.32 Å². The van der Waals surface area contributed by atoms with Crippen LogP contribution in [0.5, 0.6) is 0 Å². The van der Waals surface area contributed by atoms with Crippen molar-refractivity contribution in [3.05, 3.63) is 109 Å². The molecular formula is C29H24N2. The summed E-state index contributed by atoms with van der Waals surface area (Å²) in [5.41, 5.74) is 5.26. The lowest BCUT2D eigenvalue weighted by Crippen LogP contribution is -1.98. The lowest BCUT2D eigenvalue weighted by Gasteiger charge is -2.11. The first-order valence-electron chi connectivity index (χ1n) is 10.5. The van der Waals surface area contributed by atoms with Gasteiger partial charge in [0.05, 0.1) is 5.52 Å². The molecule has 0 radical (unpaired) electrons. The molecule has 0 unspecified atom stereocenters. The smallest absolute Gasteiger partial charge is 0.0551 e. The molecule has 0 aliphatic rings. The minimum Gasteiger partial charge on any atom is -0.355 e. The Morgan fingerprint density at radius 3 is 2.23 bits per heavy atom. The summed E-state index contributed by atoms with van der Waals surface area (Å²) in [4.78, 5) is 3.71. The lowest BCUT2D eigenvalue weighted by molar-refractivity contribution is 1.46. The maximum absolute atomic E-state index is 4.06. The highest BCUT2D eigenvalue weighted by Gasteiger charge is 2.15. The number of hydrogen-bond donors (Lipinski definition) is 2. The summed E-state index contributed by atoms with van der Waals surface area (Å²) in [6.45, 7) is 9.99. The molecule has 5 rings (SSSR count). The molecule has 0 aliphatic heterocycles. The zero-order chi connectivity index (χ0) is 21.4. The Kier molecular flexibility index (Phi) is 4.68. The Labute approximate surface area is 181 Å². The molecule has 1 heterocycles. The average Bonchev–Trinajstić information content (AvgIpc) is 3.20. The van der Waals surface area contributed by atoms with E-state index in [2.05, 4.69) is 84.1 Å². The van der Waals surface area contributed by atoms with Gasteiger partial charge in [0.2, 0.25) is 0 Å². The first-order chi connectivity index (χ1) is 15.2. The van der Waals surface area contributed by atoms with Crippen molar-refractivity contribution in [3.63, 3.8) is 0 Å². The molecule has 0 fully saturated rings. The molecular weight excluding hydrogens is 376 g/mol. The van der Waals surface area contributed by atoms with E-state index in [4.69, 9.17) is 0 Å². The van der Waals surface area contributed by atoms with Crippen LogP contribution in [-0.2, 0) is 0 Å². The molecule has 0 atom stereocenters. The van der Waals surface area contributed by atoms with Gasteiger partial charge in [-0.05, 0) is 52.9 Å². The molecule has 4 aromatic carbocycles. The fourth-order valence-corrected chi connectivity index (χ4v) is 4.41. The maximum atomic E-state index is 4.06. The lowest BCUT2D eigenvalue weighted by atomic mass is 9.96. The summed E-state index contributed by atoms with van der Waals surface area (Å²) in [6.07, 6.45) is 9.73. The van der Waals surface area contributed by atoms with Gasteiger partial charge in [-0.2, -0.15) is 0 Å². The zero-order valence-electron chi connectivity index (χ0n) is 17.6. The minimum atomic E-state index is 0.938. The van der Waals surface area contributed by atoms with E-state index in [1.54, 1.807) is 0 Å². The van der Waals surface area contributed by atoms with Gasteiger partial charge in [0.15, 0.2) is 0 Å². The van der Waals surface area contributed by atoms with Gasteiger partial charge in [0.1, 0.15) is 0 Å². The van der Waals surface area contributed by atoms with E-state index in [0.717, 1.165) is 22.5 Å². The van der Waals surface area contributed by atoms with Crippen molar-refractivity contribution in [2.45, 2.75) is 6.92 Å². The monoisotopic (exact) mass is 400 g/mol. The van der Waals surface area contributed by atoms with Gasteiger partial charge in [-0.25, -0.2) is 0 Å². The van der Waals surface area contributed by atoms with E-state index in [9.17, 15) is 0 Å². The van der Waals surface area contributed by atoms with Crippen molar-refractivity contribution in [2.24, 2.45) is 0 Å². The van der Waals surface area contributed by atoms with Crippen molar-refractivity contribution in [1.29, 1.82) is 0 Å². The Bertz CT molecular complexity index is 1540. The number of rotatable bonds is 5. The molecule has 150 valence electrons. The van der Waals surface area contributed by atoms with Gasteiger partial charge >= 0.3 is 0 Å². The van der Waals surface area contributed by atoms with Gasteiger partial charge in [-0.3, -0.25) is 0 Å². The topological polar surface area (TPSA) is 27.8 Å². The summed E-state index contributed by atoms with van der Waals surface area (Å²) in [6, 6.07) is 21.7. The van der Waals surface area contributed by atoms with Crippen LogP contribution in [-0.4, -0.2) is 4.98 Å². The Morgan fingerprint density at radius 1 is 0.871 bits per heavy atom. The maximum Gasteiger partial charge on any atom is 0.0551 e. The second kappa shape index (κ2) is 7.66. The number of aromatic nitrogens is 1. The summed E-state index contributed by atoms with van der Waals surface area (Å²) < 4.78 is 0. The third kappa shape index (κ3) is 3.04. The first-order valence-corrected chi connectivity index (χ1v) is 10.5. The van der Waals surface area contributed by atoms with Crippen LogP contribution in [0.15, 0.2) is 104 Å². The summed E-state index contributed by atoms with van der Waals surface area (Å²) in [7, 11) is 0. The molecule has 5 aromatic rings. The number of anilines is 1. The Balaban J connectivity index is 1.86. The number of benzene rings is 4. The van der Waals surface area contributed by atoms with E-state index in [0.29, 0.717) is 0 Å². The van der Waals surface area contributed by atoms with Gasteiger partial charge in [0.25, 0.3) is 0 Å². The van der Waals surface area contributed by atoms with Gasteiger partial charge in [0, 0.05) is 33.1 Å². The second-order valence-corrected chi connectivity index (χ2v) is 7.63. The number of allylic oxidation sites excluding steroid dienone is 4. The fourth-order valence-electron chi connectivity index (χ4n) is 4.41. The third-order valence-corrected chi connectivity index (χ3v) is 5.84. The Morgan fingerprint density at radius 2 is 1.55 bits per heavy atom. The average molecular weight is 401 g/mol. The van der Waals surface area contributed by atoms with Crippen molar-refractivity contribution in [1.82, 2.24) is 4.98 Å². The van der Waals surface area contributed by atoms with Gasteiger partial charge < -0.3 is 10.3 Å². The van der Waals surface area contributed by atoms with Crippen molar-refractivity contribution in [2.75, 3.05) is 5.32 Å². The van der Waals surface area contributed by atoms with Crippen molar-refractivity contribution in [3.8, 4) is 0 Å². The minimum absolute atomic E-state index is 0.938. The van der Waals surface area contributed by atoms with E-state index in [1.807, 2.05) is 37.3 Å². The van der Waals surface area contributed by atoms with E-state index in [1.165, 1.54) is 37.8 Å². The SMILES string of the molecule is C=C/C(=C\C=C/C)Nc1cc2[nH]c3c4ccccc4c4ccccc4c3c2cc1C=C. The van der Waals surface area contributed by atoms with Crippen molar-refractivity contribution < 1.29 is 0 Å². The number of aromatic amines is 1. The molecule has 0 aliphatic carbocycles. The highest BCUT2D eigenvalue weighted by atomic mass is 14.9. The molecule has 0 bridgehead atoms. The normalized spacial score (nSPS) is 12.4. The second-order valence-electron chi connectivity index (χ2n) is 7.63. The highest BCUT2D eigenvalue weighted by Crippen LogP contribution is 2.40. The predicted molar refractivity (Wildman–Crippen MR) is 138 cm³/mol.